The highest BCUT2D eigenvalue weighted by atomic mass is 32.2. The van der Waals surface area contributed by atoms with E-state index in [9.17, 15) is 8.42 Å². The van der Waals surface area contributed by atoms with Crippen LogP contribution in [0.3, 0.4) is 0 Å². The second-order valence-electron chi connectivity index (χ2n) is 6.02. The molecule has 0 radical (unpaired) electrons. The maximum absolute atomic E-state index is 11.2. The number of benzene rings is 1. The van der Waals surface area contributed by atoms with Crippen LogP contribution in [-0.2, 0) is 9.84 Å². The zero-order chi connectivity index (χ0) is 18.9. The summed E-state index contributed by atoms with van der Waals surface area (Å²) in [6, 6.07) is 7.43. The van der Waals surface area contributed by atoms with E-state index in [-0.39, 0.29) is 17.9 Å². The van der Waals surface area contributed by atoms with Gasteiger partial charge in [0.15, 0.2) is 5.96 Å². The summed E-state index contributed by atoms with van der Waals surface area (Å²) in [6.45, 7) is 4.43. The summed E-state index contributed by atoms with van der Waals surface area (Å²) in [7, 11) is 0.330. The Balaban J connectivity index is 2.42. The SMILES string of the molecule is CN=C(NCC(C)Oc1cccc(OC)c1)NC(C)CCS(C)(=O)=O. The Morgan fingerprint density at radius 1 is 1.28 bits per heavy atom. The van der Waals surface area contributed by atoms with E-state index in [1.807, 2.05) is 38.1 Å². The highest BCUT2D eigenvalue weighted by molar-refractivity contribution is 7.90. The number of aliphatic imine (C=N–C) groups is 1. The van der Waals surface area contributed by atoms with Gasteiger partial charge in [-0.3, -0.25) is 4.99 Å². The molecule has 8 heteroatoms. The van der Waals surface area contributed by atoms with E-state index >= 15 is 0 Å². The van der Waals surface area contributed by atoms with Gasteiger partial charge < -0.3 is 20.1 Å². The molecule has 2 unspecified atom stereocenters. The minimum atomic E-state index is -2.96. The standard InChI is InChI=1S/C17H29N3O4S/c1-13(9-10-25(5,21)22)20-17(18-3)19-12-14(2)24-16-8-6-7-15(11-16)23-4/h6-8,11,13-14H,9-10,12H2,1-5H3,(H2,18,19,20). The highest BCUT2D eigenvalue weighted by Crippen LogP contribution is 2.19. The van der Waals surface area contributed by atoms with Crippen molar-refractivity contribution in [1.29, 1.82) is 0 Å². The number of methoxy groups -OCH3 is 1. The fourth-order valence-corrected chi connectivity index (χ4v) is 2.86. The minimum absolute atomic E-state index is 0.00414. The van der Waals surface area contributed by atoms with Crippen molar-refractivity contribution in [2.75, 3.05) is 32.7 Å². The average molecular weight is 372 g/mol. The number of nitrogens with zero attached hydrogens (tertiary/aromatic N) is 1. The summed E-state index contributed by atoms with van der Waals surface area (Å²) in [6.07, 6.45) is 1.68. The lowest BCUT2D eigenvalue weighted by atomic mass is 10.3. The number of hydrogen-bond donors (Lipinski definition) is 2. The topological polar surface area (TPSA) is 89.0 Å². The first-order valence-corrected chi connectivity index (χ1v) is 10.2. The molecule has 0 aliphatic heterocycles. The molecule has 7 nitrogen and oxygen atoms in total. The molecule has 1 aromatic carbocycles. The molecule has 0 spiro atoms. The van der Waals surface area contributed by atoms with E-state index in [1.54, 1.807) is 14.2 Å². The zero-order valence-corrected chi connectivity index (χ0v) is 16.4. The summed E-state index contributed by atoms with van der Waals surface area (Å²) >= 11 is 0. The van der Waals surface area contributed by atoms with Crippen LogP contribution in [0.15, 0.2) is 29.3 Å². The summed E-state index contributed by atoms with van der Waals surface area (Å²) in [5.74, 6) is 2.24. The molecule has 142 valence electrons. The van der Waals surface area contributed by atoms with E-state index in [2.05, 4.69) is 15.6 Å². The highest BCUT2D eigenvalue weighted by Gasteiger charge is 2.11. The van der Waals surface area contributed by atoms with Gasteiger partial charge in [-0.15, -0.1) is 0 Å². The number of nitrogens with one attached hydrogen (secondary N) is 2. The molecule has 2 N–H and O–H groups in total. The van der Waals surface area contributed by atoms with Gasteiger partial charge in [-0.05, 0) is 32.4 Å². The molecular formula is C17H29N3O4S. The molecule has 0 fully saturated rings. The predicted octanol–water partition coefficient (Wildman–Crippen LogP) is 1.45. The molecule has 1 rings (SSSR count). The molecule has 0 saturated carbocycles. The molecule has 2 atom stereocenters. The lowest BCUT2D eigenvalue weighted by molar-refractivity contribution is 0.223. The van der Waals surface area contributed by atoms with Crippen molar-refractivity contribution in [1.82, 2.24) is 10.6 Å². The van der Waals surface area contributed by atoms with Crippen molar-refractivity contribution in [3.05, 3.63) is 24.3 Å². The Bertz CT molecular complexity index is 662. The predicted molar refractivity (Wildman–Crippen MR) is 101 cm³/mol. The van der Waals surface area contributed by atoms with Crippen LogP contribution in [0.25, 0.3) is 0 Å². The fraction of sp³-hybridized carbons (Fsp3) is 0.588. The Kier molecular flexibility index (Phi) is 8.54. The van der Waals surface area contributed by atoms with Crippen LogP contribution in [0.5, 0.6) is 11.5 Å². The lowest BCUT2D eigenvalue weighted by Gasteiger charge is -2.20. The summed E-state index contributed by atoms with van der Waals surface area (Å²) in [4.78, 5) is 4.15. The first-order valence-electron chi connectivity index (χ1n) is 8.19. The number of rotatable bonds is 9. The van der Waals surface area contributed by atoms with E-state index < -0.39 is 9.84 Å². The van der Waals surface area contributed by atoms with Gasteiger partial charge in [0.1, 0.15) is 27.4 Å². The van der Waals surface area contributed by atoms with Crippen molar-refractivity contribution in [3.8, 4) is 11.5 Å². The van der Waals surface area contributed by atoms with Crippen molar-refractivity contribution >= 4 is 15.8 Å². The van der Waals surface area contributed by atoms with Crippen LogP contribution < -0.4 is 20.1 Å². The Morgan fingerprint density at radius 3 is 2.56 bits per heavy atom. The monoisotopic (exact) mass is 371 g/mol. The van der Waals surface area contributed by atoms with Crippen molar-refractivity contribution < 1.29 is 17.9 Å². The number of guanidine groups is 1. The van der Waals surface area contributed by atoms with E-state index in [0.29, 0.717) is 18.9 Å². The number of sulfone groups is 1. The van der Waals surface area contributed by atoms with E-state index in [4.69, 9.17) is 9.47 Å². The zero-order valence-electron chi connectivity index (χ0n) is 15.6. The first-order chi connectivity index (χ1) is 11.7. The smallest absolute Gasteiger partial charge is 0.191 e. The largest absolute Gasteiger partial charge is 0.497 e. The van der Waals surface area contributed by atoms with E-state index in [1.165, 1.54) is 6.26 Å². The van der Waals surface area contributed by atoms with Gasteiger partial charge in [0.2, 0.25) is 0 Å². The molecule has 0 aliphatic carbocycles. The van der Waals surface area contributed by atoms with Gasteiger partial charge in [0, 0.05) is 25.4 Å². The molecule has 1 aromatic rings. The summed E-state index contributed by atoms with van der Waals surface area (Å²) < 4.78 is 33.5. The Labute approximate surface area is 150 Å². The Hall–Kier alpha value is -1.96. The maximum Gasteiger partial charge on any atom is 0.191 e. The van der Waals surface area contributed by atoms with Crippen molar-refractivity contribution in [2.45, 2.75) is 32.4 Å². The second-order valence-corrected chi connectivity index (χ2v) is 8.28. The van der Waals surface area contributed by atoms with Gasteiger partial charge in [0.25, 0.3) is 0 Å². The van der Waals surface area contributed by atoms with Crippen molar-refractivity contribution in [3.63, 3.8) is 0 Å². The molecule has 0 aromatic heterocycles. The molecule has 25 heavy (non-hydrogen) atoms. The van der Waals surface area contributed by atoms with Gasteiger partial charge in [-0.2, -0.15) is 0 Å². The molecule has 0 bridgehead atoms. The molecule has 0 amide bonds. The maximum atomic E-state index is 11.2. The molecular weight excluding hydrogens is 342 g/mol. The normalized spacial score (nSPS) is 14.5. The van der Waals surface area contributed by atoms with Crippen LogP contribution in [0, 0.1) is 0 Å². The van der Waals surface area contributed by atoms with Gasteiger partial charge in [-0.1, -0.05) is 6.07 Å². The van der Waals surface area contributed by atoms with Crippen LogP contribution in [-0.4, -0.2) is 59.2 Å². The second kappa shape index (κ2) is 10.1. The first kappa shape index (κ1) is 21.1. The van der Waals surface area contributed by atoms with Crippen LogP contribution >= 0.6 is 0 Å². The number of ether oxygens (including phenoxy) is 2. The Morgan fingerprint density at radius 2 is 1.96 bits per heavy atom. The molecule has 0 heterocycles. The van der Waals surface area contributed by atoms with Crippen LogP contribution in [0.1, 0.15) is 20.3 Å². The minimum Gasteiger partial charge on any atom is -0.497 e. The van der Waals surface area contributed by atoms with Crippen LogP contribution in [0.4, 0.5) is 0 Å². The third-order valence-corrected chi connectivity index (χ3v) is 4.44. The average Bonchev–Trinajstić information content (AvgIpc) is 2.56. The van der Waals surface area contributed by atoms with Gasteiger partial charge in [-0.25, -0.2) is 8.42 Å². The third kappa shape index (κ3) is 9.19. The number of hydrogen-bond acceptors (Lipinski definition) is 5. The summed E-state index contributed by atoms with van der Waals surface area (Å²) in [5, 5.41) is 6.35. The van der Waals surface area contributed by atoms with Gasteiger partial charge in [0.05, 0.1) is 19.4 Å². The van der Waals surface area contributed by atoms with Gasteiger partial charge >= 0.3 is 0 Å². The van der Waals surface area contributed by atoms with Crippen LogP contribution in [0.2, 0.25) is 0 Å². The quantitative estimate of drug-likeness (QED) is 0.504. The van der Waals surface area contributed by atoms with Crippen molar-refractivity contribution in [2.24, 2.45) is 4.99 Å². The summed E-state index contributed by atoms with van der Waals surface area (Å²) in [5.41, 5.74) is 0. The molecule has 0 aliphatic rings. The fourth-order valence-electron chi connectivity index (χ4n) is 2.08. The lowest BCUT2D eigenvalue weighted by Crippen LogP contribution is -2.45. The third-order valence-electron chi connectivity index (χ3n) is 3.46. The van der Waals surface area contributed by atoms with E-state index in [0.717, 1.165) is 11.5 Å². The molecule has 0 saturated heterocycles.